The molecule has 3 nitrogen and oxygen atoms in total. The average Bonchev–Trinajstić information content (AvgIpc) is 2.79. The number of hydrogen-bond donors (Lipinski definition) is 2. The Hall–Kier alpha value is -1.62. The van der Waals surface area contributed by atoms with Crippen LogP contribution in [0, 0.1) is 5.82 Å². The third-order valence-corrected chi connectivity index (χ3v) is 5.07. The first-order chi connectivity index (χ1) is 11.8. The van der Waals surface area contributed by atoms with Crippen LogP contribution in [0.3, 0.4) is 0 Å². The fourth-order valence-corrected chi connectivity index (χ4v) is 4.05. The molecule has 25 heavy (non-hydrogen) atoms. The second kappa shape index (κ2) is 6.94. The third-order valence-electron chi connectivity index (χ3n) is 4.85. The van der Waals surface area contributed by atoms with Gasteiger partial charge in [0.2, 0.25) is 0 Å². The zero-order valence-corrected chi connectivity index (χ0v) is 15.5. The molecule has 0 saturated heterocycles. The van der Waals surface area contributed by atoms with E-state index in [2.05, 4.69) is 36.2 Å². The molecule has 2 N–H and O–H groups in total. The maximum atomic E-state index is 14.0. The van der Waals surface area contributed by atoms with Crippen LogP contribution >= 0.6 is 11.6 Å². The molecule has 1 aliphatic heterocycles. The Morgan fingerprint density at radius 1 is 1.28 bits per heavy atom. The first-order valence-electron chi connectivity index (χ1n) is 8.48. The van der Waals surface area contributed by atoms with Gasteiger partial charge in [0.25, 0.3) is 0 Å². The van der Waals surface area contributed by atoms with E-state index in [-0.39, 0.29) is 11.5 Å². The minimum absolute atomic E-state index is 0.0503. The van der Waals surface area contributed by atoms with Gasteiger partial charge in [-0.15, -0.1) is 0 Å². The summed E-state index contributed by atoms with van der Waals surface area (Å²) in [5.41, 5.74) is 2.94. The summed E-state index contributed by atoms with van der Waals surface area (Å²) in [6.45, 7) is 5.52. The van der Waals surface area contributed by atoms with Gasteiger partial charge in [0.15, 0.2) is 0 Å². The molecule has 1 aliphatic rings. The van der Waals surface area contributed by atoms with Crippen LogP contribution in [0.15, 0.2) is 42.5 Å². The number of rotatable bonds is 5. The van der Waals surface area contributed by atoms with Gasteiger partial charge in [0.1, 0.15) is 5.82 Å². The summed E-state index contributed by atoms with van der Waals surface area (Å²) in [5, 5.41) is 14.2. The lowest BCUT2D eigenvalue weighted by Gasteiger charge is -2.35. The molecular weight excluding hydrogens is 339 g/mol. The van der Waals surface area contributed by atoms with Crippen molar-refractivity contribution in [1.29, 1.82) is 0 Å². The quantitative estimate of drug-likeness (QED) is 0.846. The highest BCUT2D eigenvalue weighted by Gasteiger charge is 2.40. The van der Waals surface area contributed by atoms with E-state index >= 15 is 0 Å². The molecule has 3 rings (SSSR count). The largest absolute Gasteiger partial charge is 0.389 e. The standard InChI is InChI=1S/C20H24ClFN2O/c1-20(2)12-24(17-7-5-4-6-16(17)20)19(18(25)11-23-3)13-8-14(21)10-15(22)9-13/h4-10,18-19,23,25H,11-12H2,1-3H3/t18-,19+/m1/s1. The molecule has 0 radical (unpaired) electrons. The molecular formula is C20H24ClFN2O. The van der Waals surface area contributed by atoms with Crippen LogP contribution in [0.1, 0.15) is 31.0 Å². The normalized spacial score (nSPS) is 18.1. The summed E-state index contributed by atoms with van der Waals surface area (Å²) in [7, 11) is 1.79. The van der Waals surface area contributed by atoms with Gasteiger partial charge in [0.05, 0.1) is 12.1 Å². The van der Waals surface area contributed by atoms with Crippen molar-refractivity contribution in [1.82, 2.24) is 5.32 Å². The second-order valence-electron chi connectivity index (χ2n) is 7.30. The second-order valence-corrected chi connectivity index (χ2v) is 7.74. The Morgan fingerprint density at radius 2 is 2.00 bits per heavy atom. The van der Waals surface area contributed by atoms with Crippen LogP contribution < -0.4 is 10.2 Å². The van der Waals surface area contributed by atoms with Gasteiger partial charge in [-0.2, -0.15) is 0 Å². The number of hydrogen-bond acceptors (Lipinski definition) is 3. The lowest BCUT2D eigenvalue weighted by molar-refractivity contribution is 0.140. The molecule has 0 amide bonds. The van der Waals surface area contributed by atoms with Crippen molar-refractivity contribution in [2.45, 2.75) is 31.4 Å². The molecule has 2 atom stereocenters. The third kappa shape index (κ3) is 3.52. The van der Waals surface area contributed by atoms with Crippen LogP contribution in [0.5, 0.6) is 0 Å². The van der Waals surface area contributed by atoms with Gasteiger partial charge in [0, 0.05) is 29.2 Å². The van der Waals surface area contributed by atoms with E-state index < -0.39 is 11.9 Å². The maximum absolute atomic E-state index is 14.0. The SMILES string of the molecule is CNC[C@@H](O)[C@H](c1cc(F)cc(Cl)c1)N1CC(C)(C)c2ccccc21. The number of aliphatic hydroxyl groups excluding tert-OH is 1. The fourth-order valence-electron chi connectivity index (χ4n) is 3.82. The Labute approximate surface area is 153 Å². The summed E-state index contributed by atoms with van der Waals surface area (Å²) in [5.74, 6) is -0.393. The summed E-state index contributed by atoms with van der Waals surface area (Å²) in [6, 6.07) is 12.3. The zero-order chi connectivity index (χ0) is 18.2. The van der Waals surface area contributed by atoms with Crippen LogP contribution in [0.25, 0.3) is 0 Å². The smallest absolute Gasteiger partial charge is 0.125 e. The minimum Gasteiger partial charge on any atom is -0.389 e. The van der Waals surface area contributed by atoms with Crippen molar-refractivity contribution < 1.29 is 9.50 Å². The van der Waals surface area contributed by atoms with Crippen molar-refractivity contribution in [3.8, 4) is 0 Å². The topological polar surface area (TPSA) is 35.5 Å². The van der Waals surface area contributed by atoms with Crippen LogP contribution in [-0.4, -0.2) is 31.3 Å². The molecule has 0 fully saturated rings. The number of nitrogens with one attached hydrogen (secondary N) is 1. The van der Waals surface area contributed by atoms with Crippen molar-refractivity contribution in [3.63, 3.8) is 0 Å². The number of fused-ring (bicyclic) bond motifs is 1. The Kier molecular flexibility index (Phi) is 5.05. The first-order valence-corrected chi connectivity index (χ1v) is 8.86. The van der Waals surface area contributed by atoms with Gasteiger partial charge >= 0.3 is 0 Å². The molecule has 0 aromatic heterocycles. The molecule has 0 saturated carbocycles. The van der Waals surface area contributed by atoms with Crippen LogP contribution in [0.2, 0.25) is 5.02 Å². The number of nitrogens with zero attached hydrogens (tertiary/aromatic N) is 1. The highest BCUT2D eigenvalue weighted by atomic mass is 35.5. The molecule has 0 spiro atoms. The number of aliphatic hydroxyl groups is 1. The molecule has 5 heteroatoms. The Balaban J connectivity index is 2.10. The number of likely N-dealkylation sites (N-methyl/N-ethyl adjacent to an activating group) is 1. The van der Waals surface area contributed by atoms with E-state index in [4.69, 9.17) is 11.6 Å². The molecule has 134 valence electrons. The highest BCUT2D eigenvalue weighted by Crippen LogP contribution is 2.45. The number of halogens is 2. The molecule has 0 bridgehead atoms. The molecule has 0 aliphatic carbocycles. The Morgan fingerprint density at radius 3 is 2.68 bits per heavy atom. The lowest BCUT2D eigenvalue weighted by atomic mass is 9.87. The first kappa shape index (κ1) is 18.2. The summed E-state index contributed by atoms with van der Waals surface area (Å²) < 4.78 is 14.0. The van der Waals surface area contributed by atoms with Crippen molar-refractivity contribution in [2.75, 3.05) is 25.0 Å². The summed E-state index contributed by atoms with van der Waals surface area (Å²) >= 11 is 6.08. The van der Waals surface area contributed by atoms with Gasteiger partial charge < -0.3 is 15.3 Å². The molecule has 2 aromatic carbocycles. The van der Waals surface area contributed by atoms with Crippen molar-refractivity contribution in [2.24, 2.45) is 0 Å². The fraction of sp³-hybridized carbons (Fsp3) is 0.400. The van der Waals surface area contributed by atoms with Crippen LogP contribution in [0.4, 0.5) is 10.1 Å². The monoisotopic (exact) mass is 362 g/mol. The van der Waals surface area contributed by atoms with Crippen molar-refractivity contribution >= 4 is 17.3 Å². The van der Waals surface area contributed by atoms with E-state index in [0.29, 0.717) is 17.1 Å². The maximum Gasteiger partial charge on any atom is 0.125 e. The van der Waals surface area contributed by atoms with Crippen molar-refractivity contribution in [3.05, 3.63) is 64.4 Å². The van der Waals surface area contributed by atoms with E-state index in [1.807, 2.05) is 12.1 Å². The van der Waals surface area contributed by atoms with Gasteiger partial charge in [-0.05, 0) is 42.4 Å². The predicted octanol–water partition coefficient (Wildman–Crippen LogP) is 3.90. The molecule has 2 aromatic rings. The number of para-hydroxylation sites is 1. The highest BCUT2D eigenvalue weighted by molar-refractivity contribution is 6.30. The predicted molar refractivity (Wildman–Crippen MR) is 101 cm³/mol. The van der Waals surface area contributed by atoms with E-state index in [0.717, 1.165) is 12.2 Å². The summed E-state index contributed by atoms with van der Waals surface area (Å²) in [6.07, 6.45) is -0.704. The molecule has 1 heterocycles. The van der Waals surface area contributed by atoms with E-state index in [9.17, 15) is 9.50 Å². The van der Waals surface area contributed by atoms with E-state index in [1.54, 1.807) is 13.1 Å². The molecule has 0 unspecified atom stereocenters. The zero-order valence-electron chi connectivity index (χ0n) is 14.8. The van der Waals surface area contributed by atoms with Gasteiger partial charge in [-0.25, -0.2) is 4.39 Å². The average molecular weight is 363 g/mol. The number of anilines is 1. The minimum atomic E-state index is -0.704. The lowest BCUT2D eigenvalue weighted by Crippen LogP contribution is -2.42. The van der Waals surface area contributed by atoms with E-state index in [1.165, 1.54) is 17.7 Å². The Bertz CT molecular complexity index is 745. The van der Waals surface area contributed by atoms with Crippen LogP contribution in [-0.2, 0) is 5.41 Å². The number of benzene rings is 2. The van der Waals surface area contributed by atoms with Gasteiger partial charge in [-0.3, -0.25) is 0 Å². The van der Waals surface area contributed by atoms with Gasteiger partial charge in [-0.1, -0.05) is 43.6 Å². The summed E-state index contributed by atoms with van der Waals surface area (Å²) in [4.78, 5) is 2.17.